The Morgan fingerprint density at radius 1 is 1.54 bits per heavy atom. The standard InChI is InChI=1S/C7H13O5P/c1-3-7(8)11-5-4-6-12-13(9)10-2/h3,13H,1,4-6H2,2H3. The average Bonchev–Trinajstić information content (AvgIpc) is 2.16. The third-order valence-electron chi connectivity index (χ3n) is 1.09. The molecule has 0 rings (SSSR count). The Morgan fingerprint density at radius 2 is 2.23 bits per heavy atom. The highest BCUT2D eigenvalue weighted by atomic mass is 31.1. The van der Waals surface area contributed by atoms with Gasteiger partial charge in [-0.1, -0.05) is 6.58 Å². The lowest BCUT2D eigenvalue weighted by atomic mass is 10.5. The first-order valence-corrected chi connectivity index (χ1v) is 4.93. The quantitative estimate of drug-likeness (QED) is 0.272. The summed E-state index contributed by atoms with van der Waals surface area (Å²) in [6, 6.07) is 0. The Morgan fingerprint density at radius 3 is 2.77 bits per heavy atom. The number of ether oxygens (including phenoxy) is 1. The van der Waals surface area contributed by atoms with Crippen molar-refractivity contribution in [2.75, 3.05) is 20.3 Å². The van der Waals surface area contributed by atoms with E-state index in [0.717, 1.165) is 6.08 Å². The van der Waals surface area contributed by atoms with Gasteiger partial charge in [0.2, 0.25) is 0 Å². The molecular formula is C7H13O5P. The molecule has 0 bridgehead atoms. The van der Waals surface area contributed by atoms with Crippen LogP contribution in [0.3, 0.4) is 0 Å². The Kier molecular flexibility index (Phi) is 7.59. The molecule has 13 heavy (non-hydrogen) atoms. The molecule has 0 aromatic rings. The lowest BCUT2D eigenvalue weighted by molar-refractivity contribution is -0.137. The van der Waals surface area contributed by atoms with E-state index in [9.17, 15) is 9.36 Å². The summed E-state index contributed by atoms with van der Waals surface area (Å²) in [4.78, 5) is 10.5. The van der Waals surface area contributed by atoms with Crippen LogP contribution in [-0.4, -0.2) is 26.3 Å². The molecule has 1 atom stereocenters. The Hall–Kier alpha value is -0.640. The zero-order valence-electron chi connectivity index (χ0n) is 7.45. The molecule has 0 fully saturated rings. The summed E-state index contributed by atoms with van der Waals surface area (Å²) in [5, 5.41) is 0. The molecule has 0 saturated carbocycles. The van der Waals surface area contributed by atoms with Gasteiger partial charge in [0.05, 0.1) is 13.2 Å². The van der Waals surface area contributed by atoms with Crippen molar-refractivity contribution in [3.8, 4) is 0 Å². The summed E-state index contributed by atoms with van der Waals surface area (Å²) >= 11 is 0. The normalized spacial score (nSPS) is 12.1. The lowest BCUT2D eigenvalue weighted by Gasteiger charge is -2.02. The molecule has 0 saturated heterocycles. The van der Waals surface area contributed by atoms with Crippen molar-refractivity contribution in [2.45, 2.75) is 6.42 Å². The highest BCUT2D eigenvalue weighted by molar-refractivity contribution is 7.33. The van der Waals surface area contributed by atoms with Crippen molar-refractivity contribution in [2.24, 2.45) is 0 Å². The van der Waals surface area contributed by atoms with Crippen molar-refractivity contribution in [3.63, 3.8) is 0 Å². The number of hydrogen-bond acceptors (Lipinski definition) is 5. The molecule has 0 spiro atoms. The Bertz CT molecular complexity index is 191. The van der Waals surface area contributed by atoms with Gasteiger partial charge in [-0.3, -0.25) is 4.57 Å². The third kappa shape index (κ3) is 7.71. The molecule has 0 aromatic heterocycles. The fourth-order valence-corrected chi connectivity index (χ4v) is 0.934. The highest BCUT2D eigenvalue weighted by Crippen LogP contribution is 2.21. The second-order valence-corrected chi connectivity index (χ2v) is 3.22. The van der Waals surface area contributed by atoms with Crippen molar-refractivity contribution in [3.05, 3.63) is 12.7 Å². The highest BCUT2D eigenvalue weighted by Gasteiger charge is 1.97. The Labute approximate surface area is 77.6 Å². The molecule has 5 nitrogen and oxygen atoms in total. The van der Waals surface area contributed by atoms with Crippen LogP contribution in [0.1, 0.15) is 6.42 Å². The zero-order valence-corrected chi connectivity index (χ0v) is 8.45. The first kappa shape index (κ1) is 12.4. The van der Waals surface area contributed by atoms with Crippen molar-refractivity contribution >= 4 is 14.2 Å². The predicted octanol–water partition coefficient (Wildman–Crippen LogP) is 1.16. The molecule has 0 aromatic carbocycles. The summed E-state index contributed by atoms with van der Waals surface area (Å²) < 4.78 is 24.3. The number of esters is 1. The van der Waals surface area contributed by atoms with Gasteiger partial charge < -0.3 is 13.8 Å². The van der Waals surface area contributed by atoms with E-state index in [1.165, 1.54) is 7.11 Å². The van der Waals surface area contributed by atoms with Crippen LogP contribution in [0, 0.1) is 0 Å². The number of carbonyl (C=O) groups excluding carboxylic acids is 1. The topological polar surface area (TPSA) is 61.8 Å². The third-order valence-corrected chi connectivity index (χ3v) is 1.86. The van der Waals surface area contributed by atoms with Crippen LogP contribution in [0.15, 0.2) is 12.7 Å². The molecule has 0 N–H and O–H groups in total. The SMILES string of the molecule is C=CC(=O)OCCCO[PH](=O)OC. The zero-order chi connectivity index (χ0) is 10.1. The van der Waals surface area contributed by atoms with Crippen molar-refractivity contribution in [1.29, 1.82) is 0 Å². The smallest absolute Gasteiger partial charge is 0.330 e. The summed E-state index contributed by atoms with van der Waals surface area (Å²) in [5.74, 6) is -0.473. The van der Waals surface area contributed by atoms with E-state index in [1.54, 1.807) is 0 Å². The molecule has 0 aliphatic carbocycles. The maximum Gasteiger partial charge on any atom is 0.330 e. The summed E-state index contributed by atoms with van der Waals surface area (Å²) in [5.41, 5.74) is 0. The number of carbonyl (C=O) groups is 1. The molecule has 6 heteroatoms. The number of hydrogen-bond donors (Lipinski definition) is 0. The second-order valence-electron chi connectivity index (χ2n) is 2.03. The van der Waals surface area contributed by atoms with Gasteiger partial charge in [-0.15, -0.1) is 0 Å². The van der Waals surface area contributed by atoms with Crippen LogP contribution < -0.4 is 0 Å². The lowest BCUT2D eigenvalue weighted by Crippen LogP contribution is -2.03. The van der Waals surface area contributed by atoms with E-state index < -0.39 is 14.2 Å². The van der Waals surface area contributed by atoms with E-state index >= 15 is 0 Å². The molecule has 0 radical (unpaired) electrons. The summed E-state index contributed by atoms with van der Waals surface area (Å²) in [6.07, 6.45) is 1.57. The molecular weight excluding hydrogens is 195 g/mol. The fraction of sp³-hybridized carbons (Fsp3) is 0.571. The monoisotopic (exact) mass is 208 g/mol. The molecule has 1 unspecified atom stereocenters. The van der Waals surface area contributed by atoms with Crippen LogP contribution in [0.2, 0.25) is 0 Å². The van der Waals surface area contributed by atoms with E-state index in [0.29, 0.717) is 6.42 Å². The minimum atomic E-state index is -2.35. The van der Waals surface area contributed by atoms with Crippen LogP contribution in [0.25, 0.3) is 0 Å². The van der Waals surface area contributed by atoms with Gasteiger partial charge in [0.25, 0.3) is 0 Å². The molecule has 76 valence electrons. The first-order valence-electron chi connectivity index (χ1n) is 3.70. The van der Waals surface area contributed by atoms with Gasteiger partial charge >= 0.3 is 14.2 Å². The number of rotatable bonds is 7. The van der Waals surface area contributed by atoms with E-state index in [-0.39, 0.29) is 13.2 Å². The molecule has 0 aliphatic heterocycles. The molecule has 0 aliphatic rings. The van der Waals surface area contributed by atoms with Crippen LogP contribution >= 0.6 is 8.25 Å². The van der Waals surface area contributed by atoms with Crippen LogP contribution in [-0.2, 0) is 23.1 Å². The summed E-state index contributed by atoms with van der Waals surface area (Å²) in [7, 11) is -1.04. The molecule has 0 heterocycles. The van der Waals surface area contributed by atoms with Gasteiger partial charge in [-0.25, -0.2) is 4.79 Å². The maximum atomic E-state index is 10.6. The average molecular weight is 208 g/mol. The summed E-state index contributed by atoms with van der Waals surface area (Å²) in [6.45, 7) is 3.70. The molecule has 0 amide bonds. The largest absolute Gasteiger partial charge is 0.462 e. The van der Waals surface area contributed by atoms with Gasteiger partial charge in [-0.05, 0) is 0 Å². The van der Waals surface area contributed by atoms with Gasteiger partial charge in [0, 0.05) is 19.6 Å². The van der Waals surface area contributed by atoms with E-state index in [4.69, 9.17) is 4.52 Å². The first-order chi connectivity index (χ1) is 6.20. The fourth-order valence-electron chi connectivity index (χ4n) is 0.505. The van der Waals surface area contributed by atoms with Gasteiger partial charge in [0.15, 0.2) is 0 Å². The van der Waals surface area contributed by atoms with Crippen LogP contribution in [0.5, 0.6) is 0 Å². The minimum Gasteiger partial charge on any atom is -0.462 e. The predicted molar refractivity (Wildman–Crippen MR) is 47.7 cm³/mol. The minimum absolute atomic E-state index is 0.226. The Balaban J connectivity index is 3.21. The van der Waals surface area contributed by atoms with E-state index in [2.05, 4.69) is 15.8 Å². The van der Waals surface area contributed by atoms with Gasteiger partial charge in [-0.2, -0.15) is 0 Å². The van der Waals surface area contributed by atoms with Crippen molar-refractivity contribution < 1.29 is 23.1 Å². The van der Waals surface area contributed by atoms with Gasteiger partial charge in [0.1, 0.15) is 0 Å². The van der Waals surface area contributed by atoms with E-state index in [1.807, 2.05) is 0 Å². The van der Waals surface area contributed by atoms with Crippen LogP contribution in [0.4, 0.5) is 0 Å². The second kappa shape index (κ2) is 7.98. The van der Waals surface area contributed by atoms with Crippen molar-refractivity contribution in [1.82, 2.24) is 0 Å². The maximum absolute atomic E-state index is 10.6.